The number of rotatable bonds is 8. The Balaban J connectivity index is 1.74. The summed E-state index contributed by atoms with van der Waals surface area (Å²) in [5.74, 6) is 1.16. The highest BCUT2D eigenvalue weighted by Crippen LogP contribution is 2.23. The zero-order valence-corrected chi connectivity index (χ0v) is 15.7. The topological polar surface area (TPSA) is 111 Å². The second-order valence-corrected chi connectivity index (χ2v) is 6.84. The summed E-state index contributed by atoms with van der Waals surface area (Å²) in [5.41, 5.74) is 0.740. The SMILES string of the molecule is CSc1nc(NCC(C)C)c2cnn(CCNC(=O)c3ccno3)c2n1. The van der Waals surface area contributed by atoms with Gasteiger partial charge in [-0.2, -0.15) is 5.10 Å². The lowest BCUT2D eigenvalue weighted by molar-refractivity contribution is 0.0915. The van der Waals surface area contributed by atoms with Gasteiger partial charge in [0, 0.05) is 19.2 Å². The maximum absolute atomic E-state index is 11.9. The third-order valence-electron chi connectivity index (χ3n) is 3.61. The summed E-state index contributed by atoms with van der Waals surface area (Å²) in [7, 11) is 0. The van der Waals surface area contributed by atoms with Gasteiger partial charge in [0.15, 0.2) is 10.8 Å². The van der Waals surface area contributed by atoms with E-state index in [-0.39, 0.29) is 11.7 Å². The molecule has 138 valence electrons. The molecule has 3 aromatic heterocycles. The summed E-state index contributed by atoms with van der Waals surface area (Å²) >= 11 is 1.48. The predicted molar refractivity (Wildman–Crippen MR) is 99.3 cm³/mol. The minimum Gasteiger partial charge on any atom is -0.369 e. The summed E-state index contributed by atoms with van der Waals surface area (Å²) in [6.45, 7) is 5.98. The first-order valence-corrected chi connectivity index (χ1v) is 9.51. The van der Waals surface area contributed by atoms with Crippen molar-refractivity contribution >= 4 is 34.5 Å². The molecule has 3 heterocycles. The molecule has 0 bridgehead atoms. The number of nitrogens with zero attached hydrogens (tertiary/aromatic N) is 5. The van der Waals surface area contributed by atoms with Crippen molar-refractivity contribution in [2.24, 2.45) is 5.92 Å². The van der Waals surface area contributed by atoms with Crippen molar-refractivity contribution in [3.63, 3.8) is 0 Å². The van der Waals surface area contributed by atoms with Crippen LogP contribution in [0.3, 0.4) is 0 Å². The van der Waals surface area contributed by atoms with Gasteiger partial charge in [-0.3, -0.25) is 4.79 Å². The molecule has 26 heavy (non-hydrogen) atoms. The number of carbonyl (C=O) groups excluding carboxylic acids is 1. The van der Waals surface area contributed by atoms with Crippen LogP contribution in [0.1, 0.15) is 24.4 Å². The lowest BCUT2D eigenvalue weighted by atomic mass is 10.2. The van der Waals surface area contributed by atoms with Crippen molar-refractivity contribution in [3.05, 3.63) is 24.2 Å². The van der Waals surface area contributed by atoms with Gasteiger partial charge in [0.25, 0.3) is 5.91 Å². The average molecular weight is 375 g/mol. The maximum atomic E-state index is 11.9. The molecular weight excluding hydrogens is 354 g/mol. The summed E-state index contributed by atoms with van der Waals surface area (Å²) in [5, 5.41) is 15.6. The Kier molecular flexibility index (Phi) is 5.71. The van der Waals surface area contributed by atoms with Crippen LogP contribution in [0.15, 0.2) is 28.1 Å². The van der Waals surface area contributed by atoms with Gasteiger partial charge in [0.05, 0.1) is 24.3 Å². The van der Waals surface area contributed by atoms with Gasteiger partial charge in [0.2, 0.25) is 5.76 Å². The van der Waals surface area contributed by atoms with E-state index in [2.05, 4.69) is 44.7 Å². The average Bonchev–Trinajstić information content (AvgIpc) is 3.29. The van der Waals surface area contributed by atoms with Gasteiger partial charge >= 0.3 is 0 Å². The minimum atomic E-state index is -0.308. The molecule has 1 amide bonds. The number of hydrogen-bond acceptors (Lipinski definition) is 8. The first kappa shape index (κ1) is 18.2. The van der Waals surface area contributed by atoms with Crippen LogP contribution in [0.2, 0.25) is 0 Å². The van der Waals surface area contributed by atoms with Crippen molar-refractivity contribution in [1.29, 1.82) is 0 Å². The molecule has 0 saturated heterocycles. The standard InChI is InChI=1S/C16H21N7O2S/c1-10(2)8-18-13-11-9-19-23(14(11)22-16(21-13)26-3)7-6-17-15(24)12-4-5-20-25-12/h4-5,9-10H,6-8H2,1-3H3,(H,17,24)(H,18,21,22). The zero-order valence-electron chi connectivity index (χ0n) is 14.9. The molecule has 3 rings (SSSR count). The smallest absolute Gasteiger partial charge is 0.289 e. The number of thioether (sulfide) groups is 1. The molecule has 0 atom stereocenters. The number of anilines is 1. The van der Waals surface area contributed by atoms with Gasteiger partial charge in [0.1, 0.15) is 5.82 Å². The van der Waals surface area contributed by atoms with Gasteiger partial charge in [-0.05, 0) is 12.2 Å². The van der Waals surface area contributed by atoms with E-state index in [4.69, 9.17) is 4.52 Å². The molecule has 9 nitrogen and oxygen atoms in total. The highest BCUT2D eigenvalue weighted by atomic mass is 32.2. The van der Waals surface area contributed by atoms with E-state index < -0.39 is 0 Å². The first-order valence-electron chi connectivity index (χ1n) is 8.28. The summed E-state index contributed by atoms with van der Waals surface area (Å²) < 4.78 is 6.59. The van der Waals surface area contributed by atoms with E-state index in [1.165, 1.54) is 24.0 Å². The largest absolute Gasteiger partial charge is 0.369 e. The number of aromatic nitrogens is 5. The van der Waals surface area contributed by atoms with Gasteiger partial charge in [-0.1, -0.05) is 30.8 Å². The molecule has 0 aromatic carbocycles. The Hall–Kier alpha value is -2.62. The Morgan fingerprint density at radius 1 is 1.38 bits per heavy atom. The molecule has 0 aliphatic heterocycles. The van der Waals surface area contributed by atoms with Crippen molar-refractivity contribution in [2.75, 3.05) is 24.7 Å². The quantitative estimate of drug-likeness (QED) is 0.454. The molecule has 0 fully saturated rings. The van der Waals surface area contributed by atoms with Crippen LogP contribution in [0.5, 0.6) is 0 Å². The number of amides is 1. The second-order valence-electron chi connectivity index (χ2n) is 6.07. The predicted octanol–water partition coefficient (Wildman–Crippen LogP) is 2.03. The zero-order chi connectivity index (χ0) is 18.5. The Labute approximate surface area is 154 Å². The Morgan fingerprint density at radius 2 is 2.23 bits per heavy atom. The summed E-state index contributed by atoms with van der Waals surface area (Å²) in [4.78, 5) is 21.0. The maximum Gasteiger partial charge on any atom is 0.289 e. The van der Waals surface area contributed by atoms with E-state index in [1.54, 1.807) is 10.9 Å². The molecule has 0 radical (unpaired) electrons. The molecule has 0 spiro atoms. The molecule has 3 aromatic rings. The highest BCUT2D eigenvalue weighted by Gasteiger charge is 2.14. The van der Waals surface area contributed by atoms with E-state index in [0.29, 0.717) is 24.2 Å². The molecule has 0 unspecified atom stereocenters. The second kappa shape index (κ2) is 8.17. The number of carbonyl (C=O) groups is 1. The fraction of sp³-hybridized carbons (Fsp3) is 0.438. The normalized spacial score (nSPS) is 11.2. The minimum absolute atomic E-state index is 0.183. The van der Waals surface area contributed by atoms with Crippen LogP contribution in [0.25, 0.3) is 11.0 Å². The third-order valence-corrected chi connectivity index (χ3v) is 4.15. The summed E-state index contributed by atoms with van der Waals surface area (Å²) in [6.07, 6.45) is 5.12. The van der Waals surface area contributed by atoms with Crippen LogP contribution in [-0.2, 0) is 6.54 Å². The van der Waals surface area contributed by atoms with Crippen LogP contribution in [0, 0.1) is 5.92 Å². The third kappa shape index (κ3) is 4.13. The van der Waals surface area contributed by atoms with Crippen molar-refractivity contribution in [2.45, 2.75) is 25.5 Å². The molecule has 0 aliphatic carbocycles. The summed E-state index contributed by atoms with van der Waals surface area (Å²) in [6, 6.07) is 1.52. The number of fused-ring (bicyclic) bond motifs is 1. The van der Waals surface area contributed by atoms with Crippen molar-refractivity contribution in [1.82, 2.24) is 30.2 Å². The lowest BCUT2D eigenvalue weighted by Gasteiger charge is -2.10. The lowest BCUT2D eigenvalue weighted by Crippen LogP contribution is -2.27. The van der Waals surface area contributed by atoms with Crippen molar-refractivity contribution < 1.29 is 9.32 Å². The Bertz CT molecular complexity index is 876. The molecule has 0 aliphatic rings. The Morgan fingerprint density at radius 3 is 2.92 bits per heavy atom. The fourth-order valence-electron chi connectivity index (χ4n) is 2.32. The monoisotopic (exact) mass is 375 g/mol. The van der Waals surface area contributed by atoms with E-state index in [0.717, 1.165) is 23.4 Å². The molecule has 2 N–H and O–H groups in total. The van der Waals surface area contributed by atoms with Crippen molar-refractivity contribution in [3.8, 4) is 0 Å². The van der Waals surface area contributed by atoms with Crippen LogP contribution in [0.4, 0.5) is 5.82 Å². The number of nitrogens with one attached hydrogen (secondary N) is 2. The first-order chi connectivity index (χ1) is 12.6. The highest BCUT2D eigenvalue weighted by molar-refractivity contribution is 7.98. The van der Waals surface area contributed by atoms with Gasteiger partial charge < -0.3 is 15.2 Å². The number of hydrogen-bond donors (Lipinski definition) is 2. The molecule has 0 saturated carbocycles. The van der Waals surface area contributed by atoms with Crippen LogP contribution < -0.4 is 10.6 Å². The van der Waals surface area contributed by atoms with E-state index in [1.807, 2.05) is 6.26 Å². The van der Waals surface area contributed by atoms with Gasteiger partial charge in [-0.25, -0.2) is 14.6 Å². The fourth-order valence-corrected chi connectivity index (χ4v) is 2.68. The van der Waals surface area contributed by atoms with Crippen LogP contribution >= 0.6 is 11.8 Å². The van der Waals surface area contributed by atoms with E-state index >= 15 is 0 Å². The van der Waals surface area contributed by atoms with E-state index in [9.17, 15) is 4.79 Å². The van der Waals surface area contributed by atoms with Crippen LogP contribution in [-0.4, -0.2) is 50.2 Å². The van der Waals surface area contributed by atoms with Gasteiger partial charge in [-0.15, -0.1) is 0 Å². The molecular formula is C16H21N7O2S. The molecule has 10 heteroatoms.